The van der Waals surface area contributed by atoms with Gasteiger partial charge in [-0.15, -0.1) is 0 Å². The number of hydrogen-bond acceptors (Lipinski definition) is 2. The van der Waals surface area contributed by atoms with Gasteiger partial charge in [0.2, 0.25) is 0 Å². The Morgan fingerprint density at radius 3 is 2.41 bits per heavy atom. The molecule has 0 unspecified atom stereocenters. The first-order valence-electron chi connectivity index (χ1n) is 5.96. The minimum absolute atomic E-state index is 0.0468. The highest BCUT2D eigenvalue weighted by Gasteiger charge is 1.99. The fourth-order valence-corrected chi connectivity index (χ4v) is 1.39. The molecule has 4 nitrogen and oxygen atoms in total. The van der Waals surface area contributed by atoms with E-state index in [1.165, 1.54) is 0 Å². The summed E-state index contributed by atoms with van der Waals surface area (Å²) in [7, 11) is 0. The van der Waals surface area contributed by atoms with Gasteiger partial charge >= 0.3 is 6.03 Å². The molecule has 0 atom stereocenters. The molecule has 0 aromatic heterocycles. The number of urea groups is 1. The third-order valence-electron chi connectivity index (χ3n) is 2.47. The number of aliphatic hydroxyl groups excluding tert-OH is 1. The molecule has 1 aromatic rings. The lowest BCUT2D eigenvalue weighted by Gasteiger charge is -2.07. The van der Waals surface area contributed by atoms with Crippen LogP contribution in [0.2, 0.25) is 0 Å². The van der Waals surface area contributed by atoms with Crippen LogP contribution < -0.4 is 10.6 Å². The fraction of sp³-hybridized carbons (Fsp3) is 0.462. The van der Waals surface area contributed by atoms with Gasteiger partial charge in [0.05, 0.1) is 6.61 Å². The second-order valence-corrected chi connectivity index (χ2v) is 3.94. The molecule has 17 heavy (non-hydrogen) atoms. The van der Waals surface area contributed by atoms with E-state index in [9.17, 15) is 4.79 Å². The van der Waals surface area contributed by atoms with Gasteiger partial charge in [0, 0.05) is 13.1 Å². The zero-order chi connectivity index (χ0) is 12.5. The summed E-state index contributed by atoms with van der Waals surface area (Å²) in [5.74, 6) is 0. The van der Waals surface area contributed by atoms with Crippen molar-refractivity contribution in [2.75, 3.05) is 6.54 Å². The number of carbonyl (C=O) groups is 1. The fourth-order valence-electron chi connectivity index (χ4n) is 1.39. The molecular weight excluding hydrogens is 216 g/mol. The first kappa shape index (κ1) is 13.5. The highest BCUT2D eigenvalue weighted by Crippen LogP contribution is 2.03. The van der Waals surface area contributed by atoms with Crippen molar-refractivity contribution in [3.05, 3.63) is 35.4 Å². The number of carbonyl (C=O) groups excluding carboxylic acids is 1. The molecule has 0 radical (unpaired) electrons. The lowest BCUT2D eigenvalue weighted by atomic mass is 10.1. The highest BCUT2D eigenvalue weighted by molar-refractivity contribution is 5.73. The van der Waals surface area contributed by atoms with Crippen LogP contribution in [0, 0.1) is 0 Å². The Morgan fingerprint density at radius 1 is 1.18 bits per heavy atom. The van der Waals surface area contributed by atoms with E-state index in [1.54, 1.807) is 0 Å². The summed E-state index contributed by atoms with van der Waals surface area (Å²) < 4.78 is 0. The first-order chi connectivity index (χ1) is 8.26. The van der Waals surface area contributed by atoms with Crippen LogP contribution in [0.1, 0.15) is 30.9 Å². The summed E-state index contributed by atoms with van der Waals surface area (Å²) in [6, 6.07) is 7.37. The molecule has 1 aromatic carbocycles. The lowest BCUT2D eigenvalue weighted by Crippen LogP contribution is -2.35. The van der Waals surface area contributed by atoms with Crippen molar-refractivity contribution in [1.82, 2.24) is 10.6 Å². The minimum Gasteiger partial charge on any atom is -0.392 e. The number of nitrogens with one attached hydrogen (secondary N) is 2. The van der Waals surface area contributed by atoms with Gasteiger partial charge in [-0.1, -0.05) is 37.6 Å². The average Bonchev–Trinajstić information content (AvgIpc) is 2.37. The number of aliphatic hydroxyl groups is 1. The number of benzene rings is 1. The van der Waals surface area contributed by atoms with E-state index in [0.717, 1.165) is 24.0 Å². The van der Waals surface area contributed by atoms with Crippen molar-refractivity contribution in [3.63, 3.8) is 0 Å². The van der Waals surface area contributed by atoms with E-state index in [2.05, 4.69) is 17.6 Å². The van der Waals surface area contributed by atoms with E-state index in [4.69, 9.17) is 5.11 Å². The normalized spacial score (nSPS) is 10.0. The van der Waals surface area contributed by atoms with Gasteiger partial charge in [0.25, 0.3) is 0 Å². The van der Waals surface area contributed by atoms with Crippen LogP contribution in [0.5, 0.6) is 0 Å². The highest BCUT2D eigenvalue weighted by atomic mass is 16.3. The Kier molecular flexibility index (Phi) is 6.10. The second kappa shape index (κ2) is 7.68. The van der Waals surface area contributed by atoms with Crippen molar-refractivity contribution >= 4 is 6.03 Å². The van der Waals surface area contributed by atoms with Crippen LogP contribution in [0.15, 0.2) is 24.3 Å². The summed E-state index contributed by atoms with van der Waals surface area (Å²) in [5, 5.41) is 14.5. The molecule has 2 amide bonds. The third-order valence-corrected chi connectivity index (χ3v) is 2.47. The van der Waals surface area contributed by atoms with Gasteiger partial charge in [0.15, 0.2) is 0 Å². The van der Waals surface area contributed by atoms with E-state index in [1.807, 2.05) is 24.3 Å². The molecule has 0 aliphatic heterocycles. The maximum absolute atomic E-state index is 11.4. The summed E-state index contributed by atoms with van der Waals surface area (Å²) in [4.78, 5) is 11.4. The van der Waals surface area contributed by atoms with Gasteiger partial charge in [-0.25, -0.2) is 4.79 Å². The summed E-state index contributed by atoms with van der Waals surface area (Å²) in [6.45, 7) is 3.35. The van der Waals surface area contributed by atoms with Crippen LogP contribution in [-0.2, 0) is 13.2 Å². The smallest absolute Gasteiger partial charge is 0.315 e. The largest absolute Gasteiger partial charge is 0.392 e. The Morgan fingerprint density at radius 2 is 1.82 bits per heavy atom. The lowest BCUT2D eigenvalue weighted by molar-refractivity contribution is 0.240. The number of rotatable bonds is 6. The average molecular weight is 236 g/mol. The van der Waals surface area contributed by atoms with Crippen LogP contribution in [0.25, 0.3) is 0 Å². The van der Waals surface area contributed by atoms with Crippen molar-refractivity contribution in [3.8, 4) is 0 Å². The van der Waals surface area contributed by atoms with Gasteiger partial charge in [-0.3, -0.25) is 0 Å². The van der Waals surface area contributed by atoms with Crippen molar-refractivity contribution in [2.24, 2.45) is 0 Å². The molecule has 3 N–H and O–H groups in total. The van der Waals surface area contributed by atoms with E-state index in [-0.39, 0.29) is 12.6 Å². The summed E-state index contributed by atoms with van der Waals surface area (Å²) in [5.41, 5.74) is 1.90. The molecule has 0 fully saturated rings. The summed E-state index contributed by atoms with van der Waals surface area (Å²) >= 11 is 0. The zero-order valence-electron chi connectivity index (χ0n) is 10.2. The molecule has 0 spiro atoms. The van der Waals surface area contributed by atoms with Crippen LogP contribution in [0.3, 0.4) is 0 Å². The first-order valence-corrected chi connectivity index (χ1v) is 5.96. The monoisotopic (exact) mass is 236 g/mol. The second-order valence-electron chi connectivity index (χ2n) is 3.94. The molecule has 0 saturated carbocycles. The zero-order valence-corrected chi connectivity index (χ0v) is 10.2. The SMILES string of the molecule is CCCCNC(=O)NCc1ccc(CO)cc1. The van der Waals surface area contributed by atoms with E-state index in [0.29, 0.717) is 13.1 Å². The number of amides is 2. The Bertz CT molecular complexity index is 336. The summed E-state index contributed by atoms with van der Waals surface area (Å²) in [6.07, 6.45) is 2.07. The van der Waals surface area contributed by atoms with Crippen LogP contribution in [-0.4, -0.2) is 17.7 Å². The van der Waals surface area contributed by atoms with Crippen molar-refractivity contribution in [1.29, 1.82) is 0 Å². The van der Waals surface area contributed by atoms with Gasteiger partial charge in [0.1, 0.15) is 0 Å². The van der Waals surface area contributed by atoms with Crippen LogP contribution >= 0.6 is 0 Å². The van der Waals surface area contributed by atoms with E-state index >= 15 is 0 Å². The molecule has 0 heterocycles. The number of hydrogen-bond donors (Lipinski definition) is 3. The molecular formula is C13H20N2O2. The van der Waals surface area contributed by atoms with Crippen molar-refractivity contribution in [2.45, 2.75) is 32.9 Å². The Labute approximate surface area is 102 Å². The minimum atomic E-state index is -0.135. The molecule has 94 valence electrons. The van der Waals surface area contributed by atoms with Gasteiger partial charge in [-0.05, 0) is 17.5 Å². The maximum atomic E-state index is 11.4. The molecule has 4 heteroatoms. The molecule has 0 aliphatic rings. The predicted octanol–water partition coefficient (Wildman–Crippen LogP) is 1.78. The topological polar surface area (TPSA) is 61.4 Å². The van der Waals surface area contributed by atoms with Gasteiger partial charge in [-0.2, -0.15) is 0 Å². The third kappa shape index (κ3) is 5.36. The van der Waals surface area contributed by atoms with Gasteiger partial charge < -0.3 is 15.7 Å². The Balaban J connectivity index is 2.27. The molecule has 1 rings (SSSR count). The maximum Gasteiger partial charge on any atom is 0.315 e. The predicted molar refractivity (Wildman–Crippen MR) is 67.5 cm³/mol. The molecule has 0 saturated heterocycles. The quantitative estimate of drug-likeness (QED) is 0.659. The molecule has 0 bridgehead atoms. The molecule has 0 aliphatic carbocycles. The standard InChI is InChI=1S/C13H20N2O2/c1-2-3-8-14-13(17)15-9-11-4-6-12(10-16)7-5-11/h4-7,16H,2-3,8-10H2,1H3,(H2,14,15,17). The number of unbranched alkanes of at least 4 members (excludes halogenated alkanes) is 1. The van der Waals surface area contributed by atoms with Crippen LogP contribution in [0.4, 0.5) is 4.79 Å². The Hall–Kier alpha value is -1.55. The van der Waals surface area contributed by atoms with E-state index < -0.39 is 0 Å². The van der Waals surface area contributed by atoms with Crippen molar-refractivity contribution < 1.29 is 9.90 Å².